The van der Waals surface area contributed by atoms with Crippen LogP contribution in [0.5, 0.6) is 0 Å². The minimum Gasteiger partial charge on any atom is -0.278 e. The average molecular weight is 585 g/mol. The lowest BCUT2D eigenvalue weighted by molar-refractivity contribution is 0.881. The van der Waals surface area contributed by atoms with E-state index in [1.807, 2.05) is 38.1 Å². The fourth-order valence-corrected chi connectivity index (χ4v) is 6.80. The predicted molar refractivity (Wildman–Crippen MR) is 179 cm³/mol. The molecule has 5 heterocycles. The molecule has 4 aromatic carbocycles. The minimum absolute atomic E-state index is 0.496. The maximum Gasteiger partial charge on any atom is 0.242 e. The highest BCUT2D eigenvalue weighted by molar-refractivity contribution is 6.09. The molecule has 0 aliphatic carbocycles. The van der Waals surface area contributed by atoms with E-state index in [4.69, 9.17) is 24.9 Å². The van der Waals surface area contributed by atoms with Crippen molar-refractivity contribution >= 4 is 49.7 Å². The van der Waals surface area contributed by atoms with E-state index in [1.165, 1.54) is 0 Å². The molecule has 0 atom stereocenters. The van der Waals surface area contributed by atoms with Crippen LogP contribution in [0.2, 0.25) is 0 Å². The normalized spacial score (nSPS) is 12.0. The van der Waals surface area contributed by atoms with Gasteiger partial charge < -0.3 is 0 Å². The number of fused-ring (bicyclic) bond motifs is 8. The number of hydrogen-bond acceptors (Lipinski definition) is 5. The second-order valence-corrected chi connectivity index (χ2v) is 11.6. The first-order valence-corrected chi connectivity index (χ1v) is 15.1. The molecular weight excluding hydrogens is 556 g/mol. The third-order valence-electron chi connectivity index (χ3n) is 9.10. The summed E-state index contributed by atoms with van der Waals surface area (Å²) in [4.78, 5) is 25.7. The number of rotatable bonds is 3. The molecule has 9 aromatic rings. The standard InChI is InChI=1S/C37H28N8/c1-21-22(2)33(24(4)38-23(21)3)34-40-35(43-28-16-8-5-13-25(28)26-14-6-9-17-29(26)43)42-36(41-34)45-32-20-12-11-19-31(32)44-30-18-10-7-15-27(30)39-37(44)45/h5-20H,1-4H3. The zero-order chi connectivity index (χ0) is 30.4. The molecule has 0 fully saturated rings. The number of pyridine rings is 1. The Hall–Kier alpha value is -5.89. The summed E-state index contributed by atoms with van der Waals surface area (Å²) in [7, 11) is 0. The van der Waals surface area contributed by atoms with Crippen LogP contribution in [0.25, 0.3) is 72.9 Å². The van der Waals surface area contributed by atoms with Crippen LogP contribution in [-0.4, -0.2) is 38.5 Å². The van der Waals surface area contributed by atoms with Gasteiger partial charge in [0.2, 0.25) is 17.7 Å². The maximum absolute atomic E-state index is 5.24. The Morgan fingerprint density at radius 2 is 1.00 bits per heavy atom. The van der Waals surface area contributed by atoms with Crippen LogP contribution in [0.3, 0.4) is 0 Å². The molecule has 45 heavy (non-hydrogen) atoms. The lowest BCUT2D eigenvalue weighted by Gasteiger charge is -2.15. The molecule has 9 rings (SSSR count). The predicted octanol–water partition coefficient (Wildman–Crippen LogP) is 8.01. The Bertz CT molecular complexity index is 2600. The van der Waals surface area contributed by atoms with Gasteiger partial charge >= 0.3 is 0 Å². The molecule has 8 heteroatoms. The largest absolute Gasteiger partial charge is 0.278 e. The monoisotopic (exact) mass is 584 g/mol. The third-order valence-corrected chi connectivity index (χ3v) is 9.10. The van der Waals surface area contributed by atoms with E-state index in [1.54, 1.807) is 0 Å². The fraction of sp³-hybridized carbons (Fsp3) is 0.108. The number of aryl methyl sites for hydroxylation is 2. The van der Waals surface area contributed by atoms with Gasteiger partial charge in [-0.05, 0) is 75.2 Å². The number of para-hydroxylation sites is 6. The van der Waals surface area contributed by atoms with Crippen LogP contribution in [0, 0.1) is 27.7 Å². The van der Waals surface area contributed by atoms with Crippen molar-refractivity contribution in [2.24, 2.45) is 0 Å². The minimum atomic E-state index is 0.496. The van der Waals surface area contributed by atoms with Gasteiger partial charge in [-0.1, -0.05) is 60.7 Å². The summed E-state index contributed by atoms with van der Waals surface area (Å²) in [6.07, 6.45) is 0. The number of imidazole rings is 2. The second-order valence-electron chi connectivity index (χ2n) is 11.6. The van der Waals surface area contributed by atoms with E-state index in [2.05, 4.69) is 100 Å². The van der Waals surface area contributed by atoms with Crippen LogP contribution >= 0.6 is 0 Å². The van der Waals surface area contributed by atoms with Crippen molar-refractivity contribution in [3.63, 3.8) is 0 Å². The molecule has 0 saturated heterocycles. The molecule has 8 nitrogen and oxygen atoms in total. The molecular formula is C37H28N8. The lowest BCUT2D eigenvalue weighted by atomic mass is 10.0. The van der Waals surface area contributed by atoms with E-state index < -0.39 is 0 Å². The summed E-state index contributed by atoms with van der Waals surface area (Å²) in [5, 5.41) is 2.29. The van der Waals surface area contributed by atoms with E-state index in [9.17, 15) is 0 Å². The molecule has 0 aliphatic heterocycles. The maximum atomic E-state index is 5.24. The van der Waals surface area contributed by atoms with Gasteiger partial charge in [0.25, 0.3) is 0 Å². The van der Waals surface area contributed by atoms with Gasteiger partial charge in [-0.2, -0.15) is 15.0 Å². The van der Waals surface area contributed by atoms with Crippen molar-refractivity contribution in [1.29, 1.82) is 0 Å². The molecule has 0 N–H and O–H groups in total. The van der Waals surface area contributed by atoms with Crippen LogP contribution in [0.4, 0.5) is 0 Å². The van der Waals surface area contributed by atoms with Crippen molar-refractivity contribution in [1.82, 2.24) is 38.5 Å². The van der Waals surface area contributed by atoms with Crippen LogP contribution < -0.4 is 0 Å². The molecule has 216 valence electrons. The second kappa shape index (κ2) is 9.30. The van der Waals surface area contributed by atoms with Gasteiger partial charge in [-0.3, -0.25) is 14.0 Å². The summed E-state index contributed by atoms with van der Waals surface area (Å²) in [6.45, 7) is 8.31. The molecule has 0 aliphatic rings. The van der Waals surface area contributed by atoms with Crippen molar-refractivity contribution in [3.05, 3.63) is 120 Å². The quantitative estimate of drug-likeness (QED) is 0.210. The van der Waals surface area contributed by atoms with E-state index >= 15 is 0 Å². The number of nitrogens with zero attached hydrogens (tertiary/aromatic N) is 8. The smallest absolute Gasteiger partial charge is 0.242 e. The van der Waals surface area contributed by atoms with Gasteiger partial charge in [0, 0.05) is 27.7 Å². The Kier molecular flexibility index (Phi) is 5.29. The fourth-order valence-electron chi connectivity index (χ4n) is 6.80. The number of benzene rings is 4. The third kappa shape index (κ3) is 3.56. The Morgan fingerprint density at radius 3 is 1.69 bits per heavy atom. The highest BCUT2D eigenvalue weighted by Crippen LogP contribution is 2.34. The zero-order valence-electron chi connectivity index (χ0n) is 25.3. The highest BCUT2D eigenvalue weighted by atomic mass is 15.3. The van der Waals surface area contributed by atoms with Crippen molar-refractivity contribution < 1.29 is 0 Å². The van der Waals surface area contributed by atoms with Gasteiger partial charge in [0.1, 0.15) is 0 Å². The number of aromatic nitrogens is 8. The van der Waals surface area contributed by atoms with Crippen molar-refractivity contribution in [2.75, 3.05) is 0 Å². The van der Waals surface area contributed by atoms with Gasteiger partial charge in [0.15, 0.2) is 5.82 Å². The molecule has 0 radical (unpaired) electrons. The molecule has 5 aromatic heterocycles. The molecule has 0 unspecified atom stereocenters. The Balaban J connectivity index is 1.45. The molecule has 0 amide bonds. The summed E-state index contributed by atoms with van der Waals surface area (Å²) in [5.74, 6) is 2.36. The first-order valence-electron chi connectivity index (χ1n) is 15.1. The van der Waals surface area contributed by atoms with Crippen LogP contribution in [-0.2, 0) is 0 Å². The van der Waals surface area contributed by atoms with Crippen molar-refractivity contribution in [3.8, 4) is 23.3 Å². The Labute approximate surface area is 258 Å². The van der Waals surface area contributed by atoms with Gasteiger partial charge in [0.05, 0.1) is 33.1 Å². The zero-order valence-corrected chi connectivity index (χ0v) is 25.3. The summed E-state index contributed by atoms with van der Waals surface area (Å²) in [5.41, 5.74) is 11.0. The summed E-state index contributed by atoms with van der Waals surface area (Å²) >= 11 is 0. The van der Waals surface area contributed by atoms with Gasteiger partial charge in [-0.25, -0.2) is 9.55 Å². The van der Waals surface area contributed by atoms with E-state index in [-0.39, 0.29) is 0 Å². The SMILES string of the molecule is Cc1nc(C)c(-c2nc(-n3c4ccccc4c4ccccc43)nc(-n3c4ccccc4n4c5ccccc5nc34)n2)c(C)c1C. The van der Waals surface area contributed by atoms with Crippen LogP contribution in [0.1, 0.15) is 22.5 Å². The summed E-state index contributed by atoms with van der Waals surface area (Å²) in [6, 6.07) is 33.3. The average Bonchev–Trinajstić information content (AvgIpc) is 3.70. The molecule has 0 spiro atoms. The first-order chi connectivity index (χ1) is 22.0. The van der Waals surface area contributed by atoms with Crippen LogP contribution in [0.15, 0.2) is 97.1 Å². The molecule has 0 saturated carbocycles. The van der Waals surface area contributed by atoms with Crippen molar-refractivity contribution in [2.45, 2.75) is 27.7 Å². The number of hydrogen-bond donors (Lipinski definition) is 0. The first kappa shape index (κ1) is 25.6. The van der Waals surface area contributed by atoms with E-state index in [0.29, 0.717) is 17.7 Å². The Morgan fingerprint density at radius 1 is 0.444 bits per heavy atom. The topological polar surface area (TPSA) is 78.7 Å². The van der Waals surface area contributed by atoms with Gasteiger partial charge in [-0.15, -0.1) is 0 Å². The lowest BCUT2D eigenvalue weighted by Crippen LogP contribution is -2.12. The molecule has 0 bridgehead atoms. The summed E-state index contributed by atoms with van der Waals surface area (Å²) < 4.78 is 6.38. The highest BCUT2D eigenvalue weighted by Gasteiger charge is 2.24. The van der Waals surface area contributed by atoms with E-state index in [0.717, 1.165) is 77.7 Å².